The number of rotatable bonds is 7. The van der Waals surface area contributed by atoms with Crippen molar-refractivity contribution in [1.82, 2.24) is 5.32 Å². The van der Waals surface area contributed by atoms with Crippen molar-refractivity contribution in [2.24, 2.45) is 0 Å². The fraction of sp³-hybridized carbons (Fsp3) is 0.333. The molecule has 0 aliphatic heterocycles. The number of para-hydroxylation sites is 1. The second-order valence-corrected chi connectivity index (χ2v) is 6.84. The van der Waals surface area contributed by atoms with Crippen molar-refractivity contribution in [2.75, 3.05) is 5.32 Å². The van der Waals surface area contributed by atoms with Gasteiger partial charge >= 0.3 is 0 Å². The van der Waals surface area contributed by atoms with Crippen molar-refractivity contribution in [2.45, 2.75) is 46.3 Å². The number of hydrogen-bond donors (Lipinski definition) is 2. The van der Waals surface area contributed by atoms with Gasteiger partial charge in [0.2, 0.25) is 0 Å². The van der Waals surface area contributed by atoms with Gasteiger partial charge in [-0.15, -0.1) is 0 Å². The van der Waals surface area contributed by atoms with E-state index in [9.17, 15) is 4.79 Å². The summed E-state index contributed by atoms with van der Waals surface area (Å²) in [5, 5.41) is 5.91. The molecule has 0 radical (unpaired) electrons. The summed E-state index contributed by atoms with van der Waals surface area (Å²) < 4.78 is 11.5. The average molecular weight is 387 g/mol. The van der Waals surface area contributed by atoms with Crippen LogP contribution in [-0.2, 0) is 0 Å². The minimum Gasteiger partial charge on any atom is -0.491 e. The Bertz CT molecular complexity index is 793. The molecule has 2 aromatic rings. The first-order valence-electron chi connectivity index (χ1n) is 9.03. The first kappa shape index (κ1) is 20.7. The van der Waals surface area contributed by atoms with E-state index >= 15 is 0 Å². The second-order valence-electron chi connectivity index (χ2n) is 6.44. The van der Waals surface area contributed by atoms with Crippen LogP contribution in [0.1, 0.15) is 44.5 Å². The summed E-state index contributed by atoms with van der Waals surface area (Å²) in [5.74, 6) is 0.951. The van der Waals surface area contributed by atoms with Gasteiger partial charge in [-0.25, -0.2) is 0 Å². The minimum atomic E-state index is -0.323. The zero-order valence-corrected chi connectivity index (χ0v) is 16.9. The maximum Gasteiger partial charge on any atom is 0.261 e. The molecule has 1 atom stereocenters. The molecule has 2 aromatic carbocycles. The van der Waals surface area contributed by atoms with Gasteiger partial charge in [0.1, 0.15) is 11.5 Å². The van der Waals surface area contributed by atoms with Crippen molar-refractivity contribution in [3.05, 3.63) is 54.1 Å². The summed E-state index contributed by atoms with van der Waals surface area (Å²) in [6.07, 6.45) is 1.02. The molecule has 0 aromatic heterocycles. The summed E-state index contributed by atoms with van der Waals surface area (Å²) >= 11 is 5.27. The van der Waals surface area contributed by atoms with Gasteiger partial charge < -0.3 is 14.8 Å². The lowest BCUT2D eigenvalue weighted by Gasteiger charge is -2.16. The van der Waals surface area contributed by atoms with Crippen LogP contribution in [0.15, 0.2) is 48.5 Å². The van der Waals surface area contributed by atoms with E-state index in [-0.39, 0.29) is 23.2 Å². The Kier molecular flexibility index (Phi) is 7.61. The third-order valence-electron chi connectivity index (χ3n) is 3.73. The van der Waals surface area contributed by atoms with Gasteiger partial charge in [0.05, 0.1) is 17.8 Å². The van der Waals surface area contributed by atoms with Crippen LogP contribution in [0.3, 0.4) is 0 Å². The van der Waals surface area contributed by atoms with Crippen molar-refractivity contribution in [1.29, 1.82) is 0 Å². The first-order chi connectivity index (χ1) is 12.9. The highest BCUT2D eigenvalue weighted by molar-refractivity contribution is 7.80. The normalized spacial score (nSPS) is 11.6. The zero-order valence-electron chi connectivity index (χ0n) is 16.1. The maximum atomic E-state index is 12.6. The van der Waals surface area contributed by atoms with Gasteiger partial charge in [-0.3, -0.25) is 10.1 Å². The third-order valence-corrected chi connectivity index (χ3v) is 3.93. The van der Waals surface area contributed by atoms with E-state index in [1.54, 1.807) is 18.2 Å². The molecule has 1 amide bonds. The smallest absolute Gasteiger partial charge is 0.261 e. The number of benzene rings is 2. The first-order valence-corrected chi connectivity index (χ1v) is 9.44. The van der Waals surface area contributed by atoms with Crippen LogP contribution in [0.5, 0.6) is 11.5 Å². The Morgan fingerprint density at radius 2 is 1.81 bits per heavy atom. The highest BCUT2D eigenvalue weighted by Crippen LogP contribution is 2.21. The average Bonchev–Trinajstić information content (AvgIpc) is 2.61. The molecule has 1 unspecified atom stereocenters. The van der Waals surface area contributed by atoms with Crippen molar-refractivity contribution >= 4 is 28.9 Å². The molecule has 0 aliphatic carbocycles. The number of thiocarbonyl (C=S) groups is 1. The fourth-order valence-electron chi connectivity index (χ4n) is 2.31. The summed E-state index contributed by atoms with van der Waals surface area (Å²) in [7, 11) is 0. The van der Waals surface area contributed by atoms with Crippen LogP contribution in [0.25, 0.3) is 0 Å². The molecule has 5 nitrogen and oxygen atoms in total. The molecule has 0 bridgehead atoms. The van der Waals surface area contributed by atoms with E-state index in [0.29, 0.717) is 11.3 Å². The number of amides is 1. The van der Waals surface area contributed by atoms with Crippen molar-refractivity contribution in [3.8, 4) is 11.5 Å². The number of carbonyl (C=O) groups excluding carboxylic acids is 1. The summed E-state index contributed by atoms with van der Waals surface area (Å²) in [4.78, 5) is 12.6. The summed E-state index contributed by atoms with van der Waals surface area (Å²) in [6.45, 7) is 7.91. The van der Waals surface area contributed by atoms with Crippen molar-refractivity contribution < 1.29 is 14.3 Å². The third kappa shape index (κ3) is 6.57. The van der Waals surface area contributed by atoms with Gasteiger partial charge in [0.15, 0.2) is 5.11 Å². The predicted molar refractivity (Wildman–Crippen MR) is 113 cm³/mol. The molecule has 2 rings (SSSR count). The number of carbonyl (C=O) groups is 1. The van der Waals surface area contributed by atoms with E-state index in [1.165, 1.54) is 0 Å². The monoisotopic (exact) mass is 386 g/mol. The molecule has 0 saturated heterocycles. The van der Waals surface area contributed by atoms with Crippen LogP contribution in [0, 0.1) is 0 Å². The number of anilines is 1. The number of nitrogens with one attached hydrogen (secondary N) is 2. The molecule has 144 valence electrons. The molecule has 0 aliphatic rings. The van der Waals surface area contributed by atoms with Gasteiger partial charge in [-0.1, -0.05) is 25.1 Å². The van der Waals surface area contributed by atoms with Crippen LogP contribution >= 0.6 is 12.2 Å². The van der Waals surface area contributed by atoms with Crippen LogP contribution in [-0.4, -0.2) is 23.2 Å². The highest BCUT2D eigenvalue weighted by atomic mass is 32.1. The molecule has 6 heteroatoms. The van der Waals surface area contributed by atoms with Gasteiger partial charge in [-0.2, -0.15) is 0 Å². The Morgan fingerprint density at radius 1 is 1.07 bits per heavy atom. The lowest BCUT2D eigenvalue weighted by Crippen LogP contribution is -2.34. The van der Waals surface area contributed by atoms with Gasteiger partial charge in [0.25, 0.3) is 5.91 Å². The maximum absolute atomic E-state index is 12.6. The summed E-state index contributed by atoms with van der Waals surface area (Å²) in [6, 6.07) is 14.5. The fourth-order valence-corrected chi connectivity index (χ4v) is 2.52. The lowest BCUT2D eigenvalue weighted by molar-refractivity contribution is 0.0972. The Balaban J connectivity index is 2.02. The minimum absolute atomic E-state index is 0.0303. The van der Waals surface area contributed by atoms with E-state index in [0.717, 1.165) is 17.9 Å². The number of ether oxygens (including phenoxy) is 2. The molecular formula is C21H26N2O3S. The highest BCUT2D eigenvalue weighted by Gasteiger charge is 2.14. The van der Waals surface area contributed by atoms with Gasteiger partial charge in [0, 0.05) is 11.8 Å². The molecule has 27 heavy (non-hydrogen) atoms. The predicted octanol–water partition coefficient (Wildman–Crippen LogP) is 4.78. The van der Waals surface area contributed by atoms with E-state index in [2.05, 4.69) is 17.6 Å². The Morgan fingerprint density at radius 3 is 2.52 bits per heavy atom. The van der Waals surface area contributed by atoms with E-state index < -0.39 is 0 Å². The number of hydrogen-bond acceptors (Lipinski definition) is 4. The molecule has 0 saturated carbocycles. The van der Waals surface area contributed by atoms with Gasteiger partial charge in [-0.05, 0) is 63.7 Å². The quantitative estimate of drug-likeness (QED) is 0.671. The topological polar surface area (TPSA) is 59.6 Å². The van der Waals surface area contributed by atoms with E-state index in [1.807, 2.05) is 51.1 Å². The molecule has 0 fully saturated rings. The SMILES string of the molecule is CCC(C)Oc1cccc(NC(=S)NC(=O)c2ccccc2OC(C)C)c1. The molecular weight excluding hydrogens is 360 g/mol. The Hall–Kier alpha value is -2.60. The second kappa shape index (κ2) is 9.92. The molecule has 2 N–H and O–H groups in total. The summed E-state index contributed by atoms with van der Waals surface area (Å²) in [5.41, 5.74) is 1.18. The largest absolute Gasteiger partial charge is 0.491 e. The molecule has 0 spiro atoms. The van der Waals surface area contributed by atoms with Crippen LogP contribution < -0.4 is 20.1 Å². The lowest BCUT2D eigenvalue weighted by atomic mass is 10.2. The van der Waals surface area contributed by atoms with Crippen LogP contribution in [0.4, 0.5) is 5.69 Å². The Labute approximate surface area is 166 Å². The zero-order chi connectivity index (χ0) is 19.8. The standard InChI is InChI=1S/C21H26N2O3S/c1-5-15(4)26-17-10-8-9-16(13-17)22-21(27)23-20(24)18-11-6-7-12-19(18)25-14(2)3/h6-15H,5H2,1-4H3,(H2,22,23,24,27). The van der Waals surface area contributed by atoms with E-state index in [4.69, 9.17) is 21.7 Å². The van der Waals surface area contributed by atoms with Crippen molar-refractivity contribution in [3.63, 3.8) is 0 Å². The molecule has 0 heterocycles. The van der Waals surface area contributed by atoms with Crippen LogP contribution in [0.2, 0.25) is 0 Å².